The highest BCUT2D eigenvalue weighted by Crippen LogP contribution is 2.41. The van der Waals surface area contributed by atoms with Crippen molar-refractivity contribution in [1.82, 2.24) is 20.1 Å². The molecule has 1 aliphatic carbocycles. The van der Waals surface area contributed by atoms with E-state index in [1.165, 1.54) is 12.1 Å². The molecule has 0 bridgehead atoms. The molecule has 2 aromatic rings. The summed E-state index contributed by atoms with van der Waals surface area (Å²) >= 11 is 0. The van der Waals surface area contributed by atoms with Crippen molar-refractivity contribution in [2.75, 3.05) is 19.6 Å². The number of carbonyl (C=O) groups is 2. The van der Waals surface area contributed by atoms with Crippen LogP contribution in [0.4, 0.5) is 13.2 Å². The fraction of sp³-hybridized carbons (Fsp3) is 0.519. The first-order valence-electron chi connectivity index (χ1n) is 12.8. The van der Waals surface area contributed by atoms with Gasteiger partial charge in [0.15, 0.2) is 0 Å². The molecule has 198 valence electrons. The van der Waals surface area contributed by atoms with Crippen molar-refractivity contribution in [3.05, 3.63) is 65.5 Å². The summed E-state index contributed by atoms with van der Waals surface area (Å²) < 4.78 is 38.8. The molecule has 3 fully saturated rings. The molecule has 2 N–H and O–H groups in total. The molecule has 37 heavy (non-hydrogen) atoms. The van der Waals surface area contributed by atoms with Crippen LogP contribution in [0.1, 0.15) is 60.1 Å². The lowest BCUT2D eigenvalue weighted by Crippen LogP contribution is -2.47. The lowest BCUT2D eigenvalue weighted by Gasteiger charge is -2.41. The monoisotopic (exact) mass is 516 g/mol. The van der Waals surface area contributed by atoms with Crippen LogP contribution in [0.2, 0.25) is 0 Å². The molecule has 7 nitrogen and oxygen atoms in total. The summed E-state index contributed by atoms with van der Waals surface area (Å²) in [5, 5.41) is 13.6. The van der Waals surface area contributed by atoms with Crippen molar-refractivity contribution in [2.24, 2.45) is 0 Å². The molecule has 0 spiro atoms. The van der Waals surface area contributed by atoms with Crippen molar-refractivity contribution in [3.8, 4) is 0 Å². The van der Waals surface area contributed by atoms with Crippen LogP contribution >= 0.6 is 0 Å². The number of halogens is 3. The number of amides is 2. The van der Waals surface area contributed by atoms with Crippen LogP contribution in [0.25, 0.3) is 0 Å². The molecule has 3 aliphatic rings. The molecule has 1 saturated carbocycles. The zero-order valence-electron chi connectivity index (χ0n) is 20.5. The number of hydrogen-bond donors (Lipinski definition) is 2. The largest absolute Gasteiger partial charge is 0.416 e. The zero-order chi connectivity index (χ0) is 26.2. The molecule has 2 amide bonds. The smallest absolute Gasteiger partial charge is 0.384 e. The summed E-state index contributed by atoms with van der Waals surface area (Å²) in [6.45, 7) is 1.22. The van der Waals surface area contributed by atoms with Crippen molar-refractivity contribution >= 4 is 11.8 Å². The number of likely N-dealkylation sites (tertiary alicyclic amines) is 2. The summed E-state index contributed by atoms with van der Waals surface area (Å²) in [6, 6.07) is 10.4. The van der Waals surface area contributed by atoms with Crippen molar-refractivity contribution < 1.29 is 27.9 Å². The minimum atomic E-state index is -4.54. The Balaban J connectivity index is 1.14. The molecule has 1 aromatic carbocycles. The van der Waals surface area contributed by atoms with Gasteiger partial charge in [-0.1, -0.05) is 12.1 Å². The number of aliphatic hydroxyl groups is 1. The van der Waals surface area contributed by atoms with Gasteiger partial charge < -0.3 is 15.3 Å². The highest BCUT2D eigenvalue weighted by atomic mass is 19.4. The molecule has 1 aromatic heterocycles. The van der Waals surface area contributed by atoms with Crippen LogP contribution in [0.5, 0.6) is 0 Å². The maximum Gasteiger partial charge on any atom is 0.416 e. The number of pyridine rings is 1. The predicted octanol–water partition coefficient (Wildman–Crippen LogP) is 3.34. The van der Waals surface area contributed by atoms with Crippen LogP contribution in [0.15, 0.2) is 48.7 Å². The Morgan fingerprint density at radius 3 is 2.49 bits per heavy atom. The molecular formula is C27H31F3N4O3. The number of aromatic nitrogens is 1. The van der Waals surface area contributed by atoms with Gasteiger partial charge in [-0.25, -0.2) is 0 Å². The molecule has 0 radical (unpaired) electrons. The van der Waals surface area contributed by atoms with Gasteiger partial charge in [0, 0.05) is 43.0 Å². The standard InChI is InChI=1S/C27H31F3N4O3/c28-27(29,30)19-5-3-4-18(16-19)25(36)32-17-24(35)34-15-10-21-22(34)9-14-33(21)20-7-11-26(37,12-8-20)23-6-1-2-13-31-23/h1-6,13,16,20-22,37H,7-12,14-15,17H2,(H,32,36). The Bertz CT molecular complexity index is 1140. The topological polar surface area (TPSA) is 85.8 Å². The summed E-state index contributed by atoms with van der Waals surface area (Å²) in [5.74, 6) is -0.923. The number of nitrogens with one attached hydrogen (secondary N) is 1. The lowest BCUT2D eigenvalue weighted by molar-refractivity contribution is -0.137. The third-order valence-electron chi connectivity index (χ3n) is 8.18. The quantitative estimate of drug-likeness (QED) is 0.637. The highest BCUT2D eigenvalue weighted by molar-refractivity contribution is 5.96. The van der Waals surface area contributed by atoms with Crippen LogP contribution < -0.4 is 5.32 Å². The third kappa shape index (κ3) is 5.22. The van der Waals surface area contributed by atoms with Gasteiger partial charge in [-0.2, -0.15) is 13.2 Å². The molecule has 10 heteroatoms. The number of fused-ring (bicyclic) bond motifs is 1. The second-order valence-electron chi connectivity index (χ2n) is 10.3. The summed E-state index contributed by atoms with van der Waals surface area (Å²) in [7, 11) is 0. The first-order chi connectivity index (χ1) is 17.7. The number of carbonyl (C=O) groups excluding carboxylic acids is 2. The Kier molecular flexibility index (Phi) is 6.97. The Morgan fingerprint density at radius 1 is 1.03 bits per heavy atom. The molecule has 2 saturated heterocycles. The van der Waals surface area contributed by atoms with Gasteiger partial charge in [-0.05, 0) is 68.9 Å². The first kappa shape index (κ1) is 25.7. The first-order valence-corrected chi connectivity index (χ1v) is 12.8. The zero-order valence-corrected chi connectivity index (χ0v) is 20.5. The molecule has 2 unspecified atom stereocenters. The van der Waals surface area contributed by atoms with E-state index >= 15 is 0 Å². The fourth-order valence-corrected chi connectivity index (χ4v) is 6.28. The van der Waals surface area contributed by atoms with Crippen LogP contribution in [0, 0.1) is 0 Å². The van der Waals surface area contributed by atoms with Gasteiger partial charge in [0.1, 0.15) is 5.60 Å². The average Bonchev–Trinajstić information content (AvgIpc) is 3.50. The van der Waals surface area contributed by atoms with E-state index in [0.29, 0.717) is 25.4 Å². The summed E-state index contributed by atoms with van der Waals surface area (Å²) in [4.78, 5) is 34.0. The molecule has 5 rings (SSSR count). The second kappa shape index (κ2) is 10.1. The molecule has 3 heterocycles. The maximum atomic E-state index is 12.9. The normalized spacial score (nSPS) is 28.2. The van der Waals surface area contributed by atoms with E-state index < -0.39 is 23.2 Å². The Hall–Kier alpha value is -2.98. The Morgan fingerprint density at radius 2 is 1.78 bits per heavy atom. The van der Waals surface area contributed by atoms with Crippen molar-refractivity contribution in [1.29, 1.82) is 0 Å². The summed E-state index contributed by atoms with van der Waals surface area (Å²) in [6.07, 6.45) is 1.86. The molecular weight excluding hydrogens is 485 g/mol. The van der Waals surface area contributed by atoms with Gasteiger partial charge in [0.05, 0.1) is 17.8 Å². The number of rotatable bonds is 5. The van der Waals surface area contributed by atoms with Crippen LogP contribution in [0.3, 0.4) is 0 Å². The molecule has 2 atom stereocenters. The van der Waals surface area contributed by atoms with E-state index in [9.17, 15) is 27.9 Å². The van der Waals surface area contributed by atoms with E-state index in [4.69, 9.17) is 0 Å². The highest BCUT2D eigenvalue weighted by Gasteiger charge is 2.48. The van der Waals surface area contributed by atoms with Crippen molar-refractivity contribution in [3.63, 3.8) is 0 Å². The minimum absolute atomic E-state index is 0.0644. The third-order valence-corrected chi connectivity index (χ3v) is 8.18. The van der Waals surface area contributed by atoms with Gasteiger partial charge in [0.25, 0.3) is 5.91 Å². The number of nitrogens with zero attached hydrogens (tertiary/aromatic N) is 3. The van der Waals surface area contributed by atoms with E-state index in [1.807, 2.05) is 23.1 Å². The van der Waals surface area contributed by atoms with Crippen molar-refractivity contribution in [2.45, 2.75) is 68.4 Å². The number of hydrogen-bond acceptors (Lipinski definition) is 5. The average molecular weight is 517 g/mol. The number of benzene rings is 1. The van der Waals surface area contributed by atoms with Gasteiger partial charge in [-0.3, -0.25) is 19.5 Å². The summed E-state index contributed by atoms with van der Waals surface area (Å²) in [5.41, 5.74) is -1.21. The van der Waals surface area contributed by atoms with Gasteiger partial charge in [0.2, 0.25) is 5.91 Å². The number of alkyl halides is 3. The van der Waals surface area contributed by atoms with E-state index in [0.717, 1.165) is 50.1 Å². The van der Waals surface area contributed by atoms with Gasteiger partial charge in [-0.15, -0.1) is 0 Å². The lowest BCUT2D eigenvalue weighted by atomic mass is 9.79. The minimum Gasteiger partial charge on any atom is -0.384 e. The Labute approximate surface area is 213 Å². The van der Waals surface area contributed by atoms with E-state index in [-0.39, 0.29) is 30.1 Å². The van der Waals surface area contributed by atoms with Gasteiger partial charge >= 0.3 is 6.18 Å². The maximum absolute atomic E-state index is 12.9. The van der Waals surface area contributed by atoms with E-state index in [2.05, 4.69) is 15.2 Å². The van der Waals surface area contributed by atoms with Crippen LogP contribution in [-0.2, 0) is 16.6 Å². The SMILES string of the molecule is O=C(NCC(=O)N1CCC2C1CCN2C1CCC(O)(c2ccccn2)CC1)c1cccc(C(F)(F)F)c1. The van der Waals surface area contributed by atoms with E-state index in [1.54, 1.807) is 6.20 Å². The predicted molar refractivity (Wildman–Crippen MR) is 129 cm³/mol. The molecule has 2 aliphatic heterocycles. The second-order valence-corrected chi connectivity index (χ2v) is 10.3. The van der Waals surface area contributed by atoms with Crippen LogP contribution in [-0.4, -0.2) is 69.5 Å². The fourth-order valence-electron chi connectivity index (χ4n) is 6.28.